The lowest BCUT2D eigenvalue weighted by molar-refractivity contribution is -0.125. The monoisotopic (exact) mass is 344 g/mol. The van der Waals surface area contributed by atoms with E-state index in [0.717, 1.165) is 10.9 Å². The number of para-hydroxylation sites is 2. The van der Waals surface area contributed by atoms with Crippen molar-refractivity contribution in [2.75, 3.05) is 4.90 Å². The summed E-state index contributed by atoms with van der Waals surface area (Å²) in [6.07, 6.45) is 0.0421. The van der Waals surface area contributed by atoms with E-state index in [-0.39, 0.29) is 24.0 Å². The first kappa shape index (κ1) is 15.1. The van der Waals surface area contributed by atoms with Gasteiger partial charge in [0.15, 0.2) is 5.78 Å². The number of nitrogens with one attached hydrogen (secondary N) is 1. The van der Waals surface area contributed by atoms with Gasteiger partial charge in [0.25, 0.3) is 0 Å². The number of hydrogen-bond acceptors (Lipinski definition) is 3. The molecule has 5 heteroatoms. The first-order valence-electron chi connectivity index (χ1n) is 8.59. The lowest BCUT2D eigenvalue weighted by Gasteiger charge is -2.30. The van der Waals surface area contributed by atoms with Crippen molar-refractivity contribution < 1.29 is 14.4 Å². The van der Waals surface area contributed by atoms with Crippen LogP contribution in [0.15, 0.2) is 54.6 Å². The van der Waals surface area contributed by atoms with Crippen LogP contribution in [0.5, 0.6) is 0 Å². The Kier molecular flexibility index (Phi) is 2.85. The van der Waals surface area contributed by atoms with Gasteiger partial charge in [0.05, 0.1) is 17.0 Å². The summed E-state index contributed by atoms with van der Waals surface area (Å²) in [6, 6.07) is 16.4. The molecule has 1 aliphatic heterocycles. The standard InChI is InChI=1S/C21H16N2O3/c1-21-11-15(24)16-13-9-5-6-10-14(13)22-18(16)17(21)19(25)23(20(21)26)12-7-3-2-4-8-12/h2-10,17,22H,11H2,1H3/t17-,21-/m1/s1. The van der Waals surface area contributed by atoms with Gasteiger partial charge in [0.1, 0.15) is 0 Å². The summed E-state index contributed by atoms with van der Waals surface area (Å²) in [5.41, 5.74) is 1.43. The average molecular weight is 344 g/mol. The number of ketones is 1. The van der Waals surface area contributed by atoms with Crippen LogP contribution in [0.4, 0.5) is 5.69 Å². The Balaban J connectivity index is 1.75. The van der Waals surface area contributed by atoms with E-state index in [4.69, 9.17) is 0 Å². The van der Waals surface area contributed by atoms with E-state index in [0.29, 0.717) is 16.9 Å². The molecule has 0 unspecified atom stereocenters. The number of H-pyrrole nitrogens is 1. The highest BCUT2D eigenvalue weighted by atomic mass is 16.2. The average Bonchev–Trinajstić information content (AvgIpc) is 3.10. The highest BCUT2D eigenvalue weighted by Crippen LogP contribution is 2.53. The lowest BCUT2D eigenvalue weighted by atomic mass is 9.68. The molecule has 2 heterocycles. The minimum absolute atomic E-state index is 0.0421. The summed E-state index contributed by atoms with van der Waals surface area (Å²) in [7, 11) is 0. The molecule has 3 aromatic rings. The molecule has 2 aromatic carbocycles. The first-order chi connectivity index (χ1) is 12.5. The molecule has 2 amide bonds. The zero-order valence-corrected chi connectivity index (χ0v) is 14.2. The number of fused-ring (bicyclic) bond motifs is 5. The van der Waals surface area contributed by atoms with Crippen LogP contribution >= 0.6 is 0 Å². The maximum Gasteiger partial charge on any atom is 0.243 e. The SMILES string of the molecule is C[C@@]12CC(=O)c3c([nH]c4ccccc34)[C@@H]1C(=O)N(c1ccccc1)C2=O. The van der Waals surface area contributed by atoms with Crippen molar-refractivity contribution >= 4 is 34.2 Å². The van der Waals surface area contributed by atoms with Crippen molar-refractivity contribution in [2.24, 2.45) is 5.41 Å². The van der Waals surface area contributed by atoms with Crippen LogP contribution in [-0.2, 0) is 9.59 Å². The number of hydrogen-bond donors (Lipinski definition) is 1. The molecular formula is C21H16N2O3. The number of benzene rings is 2. The number of carbonyl (C=O) groups is 3. The summed E-state index contributed by atoms with van der Waals surface area (Å²) in [4.78, 5) is 43.8. The van der Waals surface area contributed by atoms with E-state index >= 15 is 0 Å². The van der Waals surface area contributed by atoms with Crippen LogP contribution in [0.25, 0.3) is 10.9 Å². The Bertz CT molecular complexity index is 1100. The van der Waals surface area contributed by atoms with Gasteiger partial charge in [0, 0.05) is 28.6 Å². The Labute approximate surface area is 149 Å². The number of carbonyl (C=O) groups excluding carboxylic acids is 3. The van der Waals surface area contributed by atoms with Crippen molar-refractivity contribution in [3.05, 3.63) is 65.9 Å². The molecule has 0 saturated carbocycles. The maximum atomic E-state index is 13.3. The van der Waals surface area contributed by atoms with E-state index in [9.17, 15) is 14.4 Å². The number of rotatable bonds is 1. The van der Waals surface area contributed by atoms with Crippen LogP contribution in [0.1, 0.15) is 35.3 Å². The highest BCUT2D eigenvalue weighted by molar-refractivity contribution is 6.28. The van der Waals surface area contributed by atoms with Crippen molar-refractivity contribution in [2.45, 2.75) is 19.3 Å². The molecule has 1 saturated heterocycles. The number of nitrogens with zero attached hydrogens (tertiary/aromatic N) is 1. The predicted octanol–water partition coefficient (Wildman–Crippen LogP) is 3.42. The third kappa shape index (κ3) is 1.72. The van der Waals surface area contributed by atoms with Crippen molar-refractivity contribution in [1.82, 2.24) is 4.98 Å². The fraction of sp³-hybridized carbons (Fsp3) is 0.190. The molecule has 0 radical (unpaired) electrons. The van der Waals surface area contributed by atoms with E-state index in [1.807, 2.05) is 30.3 Å². The van der Waals surface area contributed by atoms with Gasteiger partial charge in [0.2, 0.25) is 11.8 Å². The van der Waals surface area contributed by atoms with E-state index < -0.39 is 11.3 Å². The molecule has 5 rings (SSSR count). The highest BCUT2D eigenvalue weighted by Gasteiger charge is 2.61. The molecule has 1 aromatic heterocycles. The van der Waals surface area contributed by atoms with Crippen molar-refractivity contribution in [1.29, 1.82) is 0 Å². The smallest absolute Gasteiger partial charge is 0.243 e. The zero-order valence-electron chi connectivity index (χ0n) is 14.2. The lowest BCUT2D eigenvalue weighted by Crippen LogP contribution is -2.38. The van der Waals surface area contributed by atoms with Gasteiger partial charge >= 0.3 is 0 Å². The minimum Gasteiger partial charge on any atom is -0.357 e. The Morgan fingerprint density at radius 3 is 2.46 bits per heavy atom. The number of aromatic nitrogens is 1. The molecule has 0 spiro atoms. The molecular weight excluding hydrogens is 328 g/mol. The first-order valence-corrected chi connectivity index (χ1v) is 8.59. The van der Waals surface area contributed by atoms with Gasteiger partial charge in [-0.1, -0.05) is 36.4 Å². The number of amides is 2. The van der Waals surface area contributed by atoms with E-state index in [2.05, 4.69) is 4.98 Å². The molecule has 1 N–H and O–H groups in total. The Morgan fingerprint density at radius 1 is 1.00 bits per heavy atom. The Morgan fingerprint density at radius 2 is 1.69 bits per heavy atom. The topological polar surface area (TPSA) is 70.2 Å². The van der Waals surface area contributed by atoms with Gasteiger partial charge in [-0.05, 0) is 25.1 Å². The second-order valence-electron chi connectivity index (χ2n) is 7.22. The van der Waals surface area contributed by atoms with E-state index in [1.54, 1.807) is 31.2 Å². The molecule has 5 nitrogen and oxygen atoms in total. The quantitative estimate of drug-likeness (QED) is 0.688. The van der Waals surface area contributed by atoms with Crippen LogP contribution in [0.2, 0.25) is 0 Å². The summed E-state index contributed by atoms with van der Waals surface area (Å²) >= 11 is 0. The van der Waals surface area contributed by atoms with Crippen LogP contribution < -0.4 is 4.90 Å². The molecule has 1 aliphatic carbocycles. The molecule has 1 fully saturated rings. The van der Waals surface area contributed by atoms with Crippen LogP contribution in [0.3, 0.4) is 0 Å². The molecule has 26 heavy (non-hydrogen) atoms. The summed E-state index contributed by atoms with van der Waals surface area (Å²) in [5.74, 6) is -1.34. The number of anilines is 1. The summed E-state index contributed by atoms with van der Waals surface area (Å²) < 4.78 is 0. The van der Waals surface area contributed by atoms with Crippen molar-refractivity contribution in [3.63, 3.8) is 0 Å². The third-order valence-electron chi connectivity index (χ3n) is 5.64. The molecule has 128 valence electrons. The fourth-order valence-corrected chi connectivity index (χ4v) is 4.42. The molecule has 0 bridgehead atoms. The maximum absolute atomic E-state index is 13.3. The largest absolute Gasteiger partial charge is 0.357 e. The van der Waals surface area contributed by atoms with Gasteiger partial charge in [-0.25, -0.2) is 4.90 Å². The normalized spacial score (nSPS) is 24.9. The van der Waals surface area contributed by atoms with Crippen LogP contribution in [-0.4, -0.2) is 22.6 Å². The predicted molar refractivity (Wildman–Crippen MR) is 97.0 cm³/mol. The van der Waals surface area contributed by atoms with Crippen molar-refractivity contribution in [3.8, 4) is 0 Å². The second kappa shape index (κ2) is 4.91. The van der Waals surface area contributed by atoms with E-state index in [1.165, 1.54) is 4.90 Å². The number of Topliss-reactive ketones (excluding diaryl/α,β-unsaturated/α-hetero) is 1. The van der Waals surface area contributed by atoms with Crippen LogP contribution in [0, 0.1) is 5.41 Å². The summed E-state index contributed by atoms with van der Waals surface area (Å²) in [5, 5.41) is 0.813. The third-order valence-corrected chi connectivity index (χ3v) is 5.64. The second-order valence-corrected chi connectivity index (χ2v) is 7.22. The zero-order chi connectivity index (χ0) is 18.1. The Hall–Kier alpha value is -3.21. The minimum atomic E-state index is -1.06. The molecule has 2 aliphatic rings. The number of aromatic amines is 1. The van der Waals surface area contributed by atoms with Gasteiger partial charge in [-0.3, -0.25) is 14.4 Å². The van der Waals surface area contributed by atoms with Gasteiger partial charge < -0.3 is 4.98 Å². The molecule has 2 atom stereocenters. The summed E-state index contributed by atoms with van der Waals surface area (Å²) in [6.45, 7) is 1.73. The number of imide groups is 1. The fourth-order valence-electron chi connectivity index (χ4n) is 4.42. The van der Waals surface area contributed by atoms with Gasteiger partial charge in [-0.15, -0.1) is 0 Å². The van der Waals surface area contributed by atoms with Gasteiger partial charge in [-0.2, -0.15) is 0 Å².